The van der Waals surface area contributed by atoms with Gasteiger partial charge in [0, 0.05) is 10.6 Å². The van der Waals surface area contributed by atoms with Crippen molar-refractivity contribution < 1.29 is 9.90 Å². The van der Waals surface area contributed by atoms with Crippen molar-refractivity contribution in [1.29, 1.82) is 0 Å². The van der Waals surface area contributed by atoms with Gasteiger partial charge in [-0.2, -0.15) is 0 Å². The van der Waals surface area contributed by atoms with Gasteiger partial charge < -0.3 is 5.11 Å². The first-order valence-corrected chi connectivity index (χ1v) is 7.11. The molecule has 0 saturated heterocycles. The summed E-state index contributed by atoms with van der Waals surface area (Å²) in [5.74, 6) is -0.942. The van der Waals surface area contributed by atoms with Crippen LogP contribution >= 0.6 is 11.6 Å². The van der Waals surface area contributed by atoms with Crippen molar-refractivity contribution in [1.82, 2.24) is 0 Å². The third kappa shape index (κ3) is 3.40. The summed E-state index contributed by atoms with van der Waals surface area (Å²) in [6.07, 6.45) is 3.42. The van der Waals surface area contributed by atoms with Crippen LogP contribution in [0.5, 0.6) is 0 Å². The van der Waals surface area contributed by atoms with Gasteiger partial charge in [0.1, 0.15) is 0 Å². The Morgan fingerprint density at radius 2 is 1.85 bits per heavy atom. The largest absolute Gasteiger partial charge is 0.478 e. The highest BCUT2D eigenvalue weighted by atomic mass is 35.5. The highest BCUT2D eigenvalue weighted by molar-refractivity contribution is 6.33. The number of carboxylic acids is 1. The fourth-order valence-corrected chi connectivity index (χ4v) is 2.34. The minimum atomic E-state index is -0.942. The van der Waals surface area contributed by atoms with Gasteiger partial charge >= 0.3 is 5.97 Å². The molecule has 1 N–H and O–H groups in total. The molecule has 0 bridgehead atoms. The van der Waals surface area contributed by atoms with E-state index in [9.17, 15) is 4.79 Å². The van der Waals surface area contributed by atoms with Crippen molar-refractivity contribution in [2.24, 2.45) is 0 Å². The Morgan fingerprint density at radius 3 is 2.45 bits per heavy atom. The summed E-state index contributed by atoms with van der Waals surface area (Å²) < 4.78 is 0. The van der Waals surface area contributed by atoms with Crippen LogP contribution in [0.2, 0.25) is 5.02 Å². The summed E-state index contributed by atoms with van der Waals surface area (Å²) >= 11 is 6.17. The Morgan fingerprint density at radius 1 is 1.15 bits per heavy atom. The fraction of sp³-hybridized carbons (Fsp3) is 0.235. The van der Waals surface area contributed by atoms with Crippen molar-refractivity contribution >= 4 is 17.6 Å². The van der Waals surface area contributed by atoms with Crippen LogP contribution in [-0.2, 0) is 6.42 Å². The second-order valence-corrected chi connectivity index (χ2v) is 5.21. The molecule has 2 aromatic rings. The van der Waals surface area contributed by atoms with E-state index in [1.165, 1.54) is 24.5 Å². The lowest BCUT2D eigenvalue weighted by Gasteiger charge is -2.07. The van der Waals surface area contributed by atoms with Crippen LogP contribution in [0.25, 0.3) is 11.1 Å². The molecule has 0 unspecified atom stereocenters. The first-order chi connectivity index (χ1) is 9.61. The van der Waals surface area contributed by atoms with E-state index in [1.807, 2.05) is 12.1 Å². The highest BCUT2D eigenvalue weighted by Crippen LogP contribution is 2.29. The lowest BCUT2D eigenvalue weighted by molar-refractivity contribution is 0.0697. The number of benzene rings is 2. The zero-order chi connectivity index (χ0) is 14.5. The van der Waals surface area contributed by atoms with Gasteiger partial charge in [0.05, 0.1) is 5.56 Å². The van der Waals surface area contributed by atoms with Crippen LogP contribution in [0.15, 0.2) is 42.5 Å². The molecule has 104 valence electrons. The standard InChI is InChI=1S/C17H17ClO2/c1-2-3-4-12-5-7-13(8-6-12)15-11-14(17(19)20)9-10-16(15)18/h5-11H,2-4H2,1H3,(H,19,20). The maximum Gasteiger partial charge on any atom is 0.335 e. The predicted octanol–water partition coefficient (Wildman–Crippen LogP) is 5.05. The Kier molecular flexibility index (Phi) is 4.80. The molecular weight excluding hydrogens is 272 g/mol. The summed E-state index contributed by atoms with van der Waals surface area (Å²) in [6, 6.07) is 12.9. The average molecular weight is 289 g/mol. The molecule has 0 aliphatic carbocycles. The Bertz CT molecular complexity index is 603. The third-order valence-corrected chi connectivity index (χ3v) is 3.63. The number of rotatable bonds is 5. The lowest BCUT2D eigenvalue weighted by atomic mass is 10.00. The summed E-state index contributed by atoms with van der Waals surface area (Å²) in [5.41, 5.74) is 3.24. The average Bonchev–Trinajstić information content (AvgIpc) is 2.46. The van der Waals surface area contributed by atoms with Gasteiger partial charge in [0.25, 0.3) is 0 Å². The molecule has 0 saturated carbocycles. The third-order valence-electron chi connectivity index (χ3n) is 3.30. The second-order valence-electron chi connectivity index (χ2n) is 4.80. The van der Waals surface area contributed by atoms with Crippen LogP contribution in [0.1, 0.15) is 35.7 Å². The molecular formula is C17H17ClO2. The van der Waals surface area contributed by atoms with E-state index < -0.39 is 5.97 Å². The topological polar surface area (TPSA) is 37.3 Å². The molecule has 2 rings (SSSR count). The van der Waals surface area contributed by atoms with Crippen LogP contribution < -0.4 is 0 Å². The molecule has 0 atom stereocenters. The normalized spacial score (nSPS) is 10.5. The van der Waals surface area contributed by atoms with E-state index in [2.05, 4.69) is 19.1 Å². The maximum absolute atomic E-state index is 11.0. The maximum atomic E-state index is 11.0. The molecule has 0 radical (unpaired) electrons. The Hall–Kier alpha value is -1.80. The zero-order valence-electron chi connectivity index (χ0n) is 11.4. The van der Waals surface area contributed by atoms with Gasteiger partial charge in [-0.15, -0.1) is 0 Å². The summed E-state index contributed by atoms with van der Waals surface area (Å²) in [5, 5.41) is 9.61. The number of hydrogen-bond acceptors (Lipinski definition) is 1. The van der Waals surface area contributed by atoms with Crippen molar-refractivity contribution in [2.45, 2.75) is 26.2 Å². The van der Waals surface area contributed by atoms with Gasteiger partial charge in [-0.3, -0.25) is 0 Å². The number of unbranched alkanes of at least 4 members (excludes halogenated alkanes) is 1. The lowest BCUT2D eigenvalue weighted by Crippen LogP contribution is -1.96. The predicted molar refractivity (Wildman–Crippen MR) is 82.5 cm³/mol. The molecule has 0 aromatic heterocycles. The zero-order valence-corrected chi connectivity index (χ0v) is 12.2. The molecule has 0 fully saturated rings. The molecule has 0 aliphatic rings. The van der Waals surface area contributed by atoms with Crippen molar-refractivity contribution in [3.63, 3.8) is 0 Å². The summed E-state index contributed by atoms with van der Waals surface area (Å²) in [7, 11) is 0. The van der Waals surface area contributed by atoms with Crippen molar-refractivity contribution in [2.75, 3.05) is 0 Å². The fourth-order valence-electron chi connectivity index (χ4n) is 2.11. The molecule has 2 aromatic carbocycles. The Labute approximate surface area is 124 Å². The van der Waals surface area contributed by atoms with E-state index in [1.54, 1.807) is 12.1 Å². The highest BCUT2D eigenvalue weighted by Gasteiger charge is 2.09. The van der Waals surface area contributed by atoms with E-state index in [4.69, 9.17) is 16.7 Å². The molecule has 3 heteroatoms. The Balaban J connectivity index is 2.31. The van der Waals surface area contributed by atoms with Crippen molar-refractivity contribution in [3.05, 3.63) is 58.6 Å². The minimum absolute atomic E-state index is 0.249. The molecule has 20 heavy (non-hydrogen) atoms. The molecule has 0 spiro atoms. The van der Waals surface area contributed by atoms with Gasteiger partial charge in [-0.25, -0.2) is 4.79 Å². The van der Waals surface area contributed by atoms with Gasteiger partial charge in [-0.05, 0) is 42.2 Å². The smallest absolute Gasteiger partial charge is 0.335 e. The molecule has 0 amide bonds. The van der Waals surface area contributed by atoms with Crippen molar-refractivity contribution in [3.8, 4) is 11.1 Å². The number of aryl methyl sites for hydroxylation is 1. The summed E-state index contributed by atoms with van der Waals surface area (Å²) in [4.78, 5) is 11.0. The number of hydrogen-bond donors (Lipinski definition) is 1. The first kappa shape index (κ1) is 14.6. The monoisotopic (exact) mass is 288 g/mol. The quantitative estimate of drug-likeness (QED) is 0.836. The van der Waals surface area contributed by atoms with Gasteiger partial charge in [0.2, 0.25) is 0 Å². The van der Waals surface area contributed by atoms with Crippen LogP contribution in [0.4, 0.5) is 0 Å². The van der Waals surface area contributed by atoms with Gasteiger partial charge in [-0.1, -0.05) is 49.2 Å². The summed E-state index contributed by atoms with van der Waals surface area (Å²) in [6.45, 7) is 2.17. The second kappa shape index (κ2) is 6.58. The van der Waals surface area contributed by atoms with Crippen LogP contribution in [-0.4, -0.2) is 11.1 Å². The molecule has 0 aliphatic heterocycles. The first-order valence-electron chi connectivity index (χ1n) is 6.74. The minimum Gasteiger partial charge on any atom is -0.478 e. The van der Waals surface area contributed by atoms with Gasteiger partial charge in [0.15, 0.2) is 0 Å². The molecule has 0 heterocycles. The number of halogens is 1. The van der Waals surface area contributed by atoms with E-state index in [0.29, 0.717) is 5.02 Å². The number of aromatic carboxylic acids is 1. The number of carboxylic acid groups (broad SMARTS) is 1. The molecule has 2 nitrogen and oxygen atoms in total. The van der Waals surface area contributed by atoms with E-state index >= 15 is 0 Å². The number of carbonyl (C=O) groups is 1. The van der Waals surface area contributed by atoms with E-state index in [-0.39, 0.29) is 5.56 Å². The SMILES string of the molecule is CCCCc1ccc(-c2cc(C(=O)O)ccc2Cl)cc1. The van der Waals surface area contributed by atoms with Crippen LogP contribution in [0.3, 0.4) is 0 Å². The van der Waals surface area contributed by atoms with Crippen LogP contribution in [0, 0.1) is 0 Å². The van der Waals surface area contributed by atoms with E-state index in [0.717, 1.165) is 17.5 Å².